The van der Waals surface area contributed by atoms with Crippen LogP contribution in [0.3, 0.4) is 0 Å². The van der Waals surface area contributed by atoms with Crippen molar-refractivity contribution in [3.05, 3.63) is 102 Å². The number of rotatable bonds is 8. The first-order valence-corrected chi connectivity index (χ1v) is 9.46. The zero-order valence-electron chi connectivity index (χ0n) is 16.0. The van der Waals surface area contributed by atoms with Gasteiger partial charge >= 0.3 is 0 Å². The normalized spacial score (nSPS) is 11.8. The molecule has 27 heavy (non-hydrogen) atoms. The number of hydrogen-bond donors (Lipinski definition) is 1. The number of ether oxygens (including phenoxy) is 1. The van der Waals surface area contributed by atoms with Crippen LogP contribution in [-0.2, 0) is 0 Å². The van der Waals surface area contributed by atoms with Gasteiger partial charge in [0.2, 0.25) is 0 Å². The zero-order valence-corrected chi connectivity index (χ0v) is 16.0. The average molecular weight is 356 g/mol. The van der Waals surface area contributed by atoms with Crippen molar-refractivity contribution in [3.8, 4) is 5.75 Å². The molecule has 0 aliphatic carbocycles. The Morgan fingerprint density at radius 2 is 1.52 bits per heavy atom. The Bertz CT molecular complexity index is 852. The minimum atomic E-state index is 0.664. The van der Waals surface area contributed by atoms with E-state index in [1.54, 1.807) is 0 Å². The first-order valence-electron chi connectivity index (χ1n) is 9.46. The van der Waals surface area contributed by atoms with Gasteiger partial charge in [0, 0.05) is 6.54 Å². The Morgan fingerprint density at radius 1 is 0.852 bits per heavy atom. The van der Waals surface area contributed by atoms with Gasteiger partial charge in [-0.15, -0.1) is 0 Å². The van der Waals surface area contributed by atoms with Crippen molar-refractivity contribution in [2.45, 2.75) is 13.3 Å². The molecule has 0 bridgehead atoms. The SMILES string of the molecule is CCC(=C(c1cc[c]cc1)c1ccc(OCCNC)cc1)c1ccccc1. The molecule has 1 radical (unpaired) electrons. The highest BCUT2D eigenvalue weighted by Gasteiger charge is 2.12. The summed E-state index contributed by atoms with van der Waals surface area (Å²) in [5.41, 5.74) is 6.27. The third-order valence-electron chi connectivity index (χ3n) is 4.55. The van der Waals surface area contributed by atoms with Crippen molar-refractivity contribution < 1.29 is 4.74 Å². The maximum absolute atomic E-state index is 5.77. The number of allylic oxidation sites excluding steroid dienone is 1. The summed E-state index contributed by atoms with van der Waals surface area (Å²) in [6, 6.07) is 30.4. The molecule has 2 heteroatoms. The molecular weight excluding hydrogens is 330 g/mol. The van der Waals surface area contributed by atoms with E-state index in [2.05, 4.69) is 85.0 Å². The van der Waals surface area contributed by atoms with Gasteiger partial charge < -0.3 is 10.1 Å². The van der Waals surface area contributed by atoms with Crippen LogP contribution in [0.4, 0.5) is 0 Å². The fourth-order valence-corrected chi connectivity index (χ4v) is 3.22. The monoisotopic (exact) mass is 356 g/mol. The van der Waals surface area contributed by atoms with Crippen LogP contribution in [0.25, 0.3) is 11.1 Å². The molecule has 0 aromatic heterocycles. The molecule has 3 rings (SSSR count). The summed E-state index contributed by atoms with van der Waals surface area (Å²) in [5, 5.41) is 3.09. The van der Waals surface area contributed by atoms with Gasteiger partial charge in [-0.3, -0.25) is 0 Å². The summed E-state index contributed by atoms with van der Waals surface area (Å²) in [4.78, 5) is 0. The first-order chi connectivity index (χ1) is 13.3. The molecule has 137 valence electrons. The molecule has 0 heterocycles. The van der Waals surface area contributed by atoms with E-state index in [0.29, 0.717) is 6.61 Å². The summed E-state index contributed by atoms with van der Waals surface area (Å²) >= 11 is 0. The Morgan fingerprint density at radius 3 is 2.15 bits per heavy atom. The Hall–Kier alpha value is -2.84. The molecule has 3 aromatic rings. The van der Waals surface area contributed by atoms with Crippen LogP contribution in [0.15, 0.2) is 78.9 Å². The highest BCUT2D eigenvalue weighted by atomic mass is 16.5. The summed E-state index contributed by atoms with van der Waals surface area (Å²) in [6.45, 7) is 3.71. The van der Waals surface area contributed by atoms with Gasteiger partial charge in [0.25, 0.3) is 0 Å². The molecule has 0 aliphatic rings. The van der Waals surface area contributed by atoms with Crippen LogP contribution < -0.4 is 10.1 Å². The van der Waals surface area contributed by atoms with Gasteiger partial charge in [-0.05, 0) is 59.5 Å². The van der Waals surface area contributed by atoms with Crippen molar-refractivity contribution in [3.63, 3.8) is 0 Å². The van der Waals surface area contributed by atoms with E-state index in [4.69, 9.17) is 4.74 Å². The summed E-state index contributed by atoms with van der Waals surface area (Å²) < 4.78 is 5.77. The zero-order chi connectivity index (χ0) is 18.9. The molecule has 0 saturated heterocycles. The molecule has 0 atom stereocenters. The standard InChI is InChI=1S/C25H26NO/c1-3-24(20-10-6-4-7-11-20)25(21-12-8-5-9-13-21)22-14-16-23(17-15-22)27-19-18-26-2/h4,6-17,26H,3,18-19H2,1-2H3. The molecule has 0 unspecified atom stereocenters. The molecule has 0 aliphatic heterocycles. The molecule has 0 spiro atoms. The van der Waals surface area contributed by atoms with Crippen molar-refractivity contribution in [2.75, 3.05) is 20.2 Å². The van der Waals surface area contributed by atoms with E-state index in [1.165, 1.54) is 27.8 Å². The van der Waals surface area contributed by atoms with Crippen LogP contribution >= 0.6 is 0 Å². The molecule has 1 N–H and O–H groups in total. The Labute approximate surface area is 162 Å². The highest BCUT2D eigenvalue weighted by molar-refractivity contribution is 5.98. The molecular formula is C25H26NO. The summed E-state index contributed by atoms with van der Waals surface area (Å²) in [5.74, 6) is 0.896. The van der Waals surface area contributed by atoms with Gasteiger partial charge in [0.05, 0.1) is 0 Å². The fourth-order valence-electron chi connectivity index (χ4n) is 3.22. The van der Waals surface area contributed by atoms with E-state index in [0.717, 1.165) is 18.7 Å². The van der Waals surface area contributed by atoms with Gasteiger partial charge in [0.15, 0.2) is 0 Å². The van der Waals surface area contributed by atoms with Crippen LogP contribution in [-0.4, -0.2) is 20.2 Å². The third-order valence-corrected chi connectivity index (χ3v) is 4.55. The molecule has 0 amide bonds. The van der Waals surface area contributed by atoms with Gasteiger partial charge in [-0.1, -0.05) is 73.7 Å². The topological polar surface area (TPSA) is 21.3 Å². The van der Waals surface area contributed by atoms with Crippen LogP contribution in [0.1, 0.15) is 30.0 Å². The molecule has 0 fully saturated rings. The van der Waals surface area contributed by atoms with Crippen LogP contribution in [0.2, 0.25) is 0 Å². The minimum Gasteiger partial charge on any atom is -0.492 e. The second-order valence-corrected chi connectivity index (χ2v) is 6.34. The van der Waals surface area contributed by atoms with Gasteiger partial charge in [-0.25, -0.2) is 0 Å². The van der Waals surface area contributed by atoms with E-state index in [9.17, 15) is 0 Å². The minimum absolute atomic E-state index is 0.664. The lowest BCUT2D eigenvalue weighted by atomic mass is 9.88. The van der Waals surface area contributed by atoms with E-state index >= 15 is 0 Å². The second kappa shape index (κ2) is 9.75. The predicted octanol–water partition coefficient (Wildman–Crippen LogP) is 5.45. The fraction of sp³-hybridized carbons (Fsp3) is 0.200. The Kier molecular flexibility index (Phi) is 6.84. The average Bonchev–Trinajstić information content (AvgIpc) is 2.74. The molecule has 3 aromatic carbocycles. The molecule has 2 nitrogen and oxygen atoms in total. The summed E-state index contributed by atoms with van der Waals surface area (Å²) in [6.07, 6.45) is 0.957. The number of hydrogen-bond acceptors (Lipinski definition) is 2. The van der Waals surface area contributed by atoms with Crippen LogP contribution in [0.5, 0.6) is 5.75 Å². The highest BCUT2D eigenvalue weighted by Crippen LogP contribution is 2.34. The lowest BCUT2D eigenvalue weighted by molar-refractivity contribution is 0.318. The number of benzene rings is 3. The number of likely N-dealkylation sites (N-methyl/N-ethyl adjacent to an activating group) is 1. The maximum atomic E-state index is 5.77. The molecule has 0 saturated carbocycles. The smallest absolute Gasteiger partial charge is 0.119 e. The van der Waals surface area contributed by atoms with Crippen molar-refractivity contribution >= 4 is 11.1 Å². The van der Waals surface area contributed by atoms with E-state index in [-0.39, 0.29) is 0 Å². The lowest BCUT2D eigenvalue weighted by Gasteiger charge is -2.17. The third kappa shape index (κ3) is 4.87. The first kappa shape index (κ1) is 18.9. The van der Waals surface area contributed by atoms with Crippen LogP contribution in [0, 0.1) is 6.07 Å². The van der Waals surface area contributed by atoms with E-state index in [1.807, 2.05) is 19.2 Å². The maximum Gasteiger partial charge on any atom is 0.119 e. The van der Waals surface area contributed by atoms with Gasteiger partial charge in [0.1, 0.15) is 12.4 Å². The lowest BCUT2D eigenvalue weighted by Crippen LogP contribution is -2.15. The summed E-state index contributed by atoms with van der Waals surface area (Å²) in [7, 11) is 1.93. The predicted molar refractivity (Wildman–Crippen MR) is 114 cm³/mol. The number of nitrogens with one attached hydrogen (secondary N) is 1. The quantitative estimate of drug-likeness (QED) is 0.428. The Balaban J connectivity index is 2.04. The van der Waals surface area contributed by atoms with Gasteiger partial charge in [-0.2, -0.15) is 0 Å². The van der Waals surface area contributed by atoms with Crippen molar-refractivity contribution in [1.29, 1.82) is 0 Å². The van der Waals surface area contributed by atoms with E-state index < -0.39 is 0 Å². The van der Waals surface area contributed by atoms with Crippen molar-refractivity contribution in [1.82, 2.24) is 5.32 Å². The van der Waals surface area contributed by atoms with Crippen molar-refractivity contribution in [2.24, 2.45) is 0 Å². The second-order valence-electron chi connectivity index (χ2n) is 6.34. The largest absolute Gasteiger partial charge is 0.492 e.